The van der Waals surface area contributed by atoms with Gasteiger partial charge in [-0.05, 0) is 30.7 Å². The molecule has 0 aliphatic carbocycles. The summed E-state index contributed by atoms with van der Waals surface area (Å²) in [6, 6.07) is 3.65. The zero-order valence-corrected chi connectivity index (χ0v) is 13.0. The first kappa shape index (κ1) is 14.2. The van der Waals surface area contributed by atoms with E-state index in [0.717, 1.165) is 17.2 Å². The number of aromatic nitrogens is 5. The summed E-state index contributed by atoms with van der Waals surface area (Å²) in [5, 5.41) is 3.49. The van der Waals surface area contributed by atoms with Gasteiger partial charge < -0.3 is 10.1 Å². The number of halogens is 2. The van der Waals surface area contributed by atoms with Crippen molar-refractivity contribution in [2.24, 2.45) is 0 Å². The number of nitrogens with zero attached hydrogens (tertiary/aromatic N) is 5. The number of fused-ring (bicyclic) bond motifs is 1. The van der Waals surface area contributed by atoms with E-state index in [0.29, 0.717) is 22.8 Å². The largest absolute Gasteiger partial charge is 0.464 e. The van der Waals surface area contributed by atoms with Gasteiger partial charge in [-0.2, -0.15) is 23.7 Å². The Kier molecular flexibility index (Phi) is 4.00. The Bertz CT molecular complexity index is 795. The minimum atomic E-state index is 0.0238. The van der Waals surface area contributed by atoms with Crippen molar-refractivity contribution in [1.82, 2.24) is 23.7 Å². The molecule has 0 bridgehead atoms. The third-order valence-electron chi connectivity index (χ3n) is 2.47. The zero-order valence-electron chi connectivity index (χ0n) is 10.7. The van der Waals surface area contributed by atoms with Crippen molar-refractivity contribution in [2.75, 3.05) is 11.9 Å². The molecule has 3 rings (SSSR count). The van der Waals surface area contributed by atoms with E-state index in [2.05, 4.69) is 29.0 Å². The van der Waals surface area contributed by atoms with Gasteiger partial charge in [-0.15, -0.1) is 0 Å². The van der Waals surface area contributed by atoms with Crippen molar-refractivity contribution in [2.45, 2.75) is 6.92 Å². The van der Waals surface area contributed by atoms with E-state index in [1.807, 2.05) is 6.92 Å². The number of rotatable bonds is 4. The molecule has 0 saturated carbocycles. The molecule has 2 heterocycles. The van der Waals surface area contributed by atoms with Crippen molar-refractivity contribution >= 4 is 57.6 Å². The average molecular weight is 343 g/mol. The summed E-state index contributed by atoms with van der Waals surface area (Å²) in [4.78, 5) is 12.0. The lowest BCUT2D eigenvalue weighted by atomic mass is 10.2. The van der Waals surface area contributed by atoms with E-state index in [9.17, 15) is 0 Å². The topological polar surface area (TPSA) is 85.7 Å². The highest BCUT2D eigenvalue weighted by Gasteiger charge is 2.13. The predicted molar refractivity (Wildman–Crippen MR) is 81.7 cm³/mol. The summed E-state index contributed by atoms with van der Waals surface area (Å²) >= 11 is 13.1. The van der Waals surface area contributed by atoms with Crippen LogP contribution in [0.5, 0.6) is 6.01 Å². The van der Waals surface area contributed by atoms with E-state index in [-0.39, 0.29) is 17.2 Å². The Balaban J connectivity index is 2.02. The molecule has 0 aliphatic heterocycles. The molecule has 10 heteroatoms. The van der Waals surface area contributed by atoms with Gasteiger partial charge in [0.1, 0.15) is 11.0 Å². The van der Waals surface area contributed by atoms with Gasteiger partial charge >= 0.3 is 6.01 Å². The maximum Gasteiger partial charge on any atom is 0.322 e. The van der Waals surface area contributed by atoms with Gasteiger partial charge in [-0.25, -0.2) is 0 Å². The van der Waals surface area contributed by atoms with Crippen LogP contribution in [-0.4, -0.2) is 30.3 Å². The molecule has 3 aromatic rings. The van der Waals surface area contributed by atoms with E-state index < -0.39 is 0 Å². The third kappa shape index (κ3) is 2.97. The molecule has 1 N–H and O–H groups in total. The Morgan fingerprint density at radius 3 is 2.86 bits per heavy atom. The van der Waals surface area contributed by atoms with Gasteiger partial charge in [0.05, 0.1) is 29.0 Å². The SMILES string of the molecule is CCOc1nc(Cl)nc(Nc2c(Cl)ccc3nsnc23)n1. The normalized spacial score (nSPS) is 10.8. The zero-order chi connectivity index (χ0) is 14.8. The van der Waals surface area contributed by atoms with E-state index >= 15 is 0 Å². The summed E-state index contributed by atoms with van der Waals surface area (Å²) in [6.07, 6.45) is 0. The number of hydrogen-bond donors (Lipinski definition) is 1. The van der Waals surface area contributed by atoms with Gasteiger partial charge in [-0.3, -0.25) is 0 Å². The Morgan fingerprint density at radius 2 is 2.05 bits per heavy atom. The van der Waals surface area contributed by atoms with E-state index in [4.69, 9.17) is 27.9 Å². The van der Waals surface area contributed by atoms with Gasteiger partial charge in [0.2, 0.25) is 11.2 Å². The second-order valence-corrected chi connectivity index (χ2v) is 5.10. The predicted octanol–water partition coefficient (Wildman–Crippen LogP) is 3.33. The van der Waals surface area contributed by atoms with Crippen molar-refractivity contribution in [3.63, 3.8) is 0 Å². The van der Waals surface area contributed by atoms with Crippen LogP contribution >= 0.6 is 34.9 Å². The minimum Gasteiger partial charge on any atom is -0.464 e. The lowest BCUT2D eigenvalue weighted by Gasteiger charge is -2.08. The average Bonchev–Trinajstić information content (AvgIpc) is 2.90. The first-order valence-corrected chi connectivity index (χ1v) is 7.38. The first-order chi connectivity index (χ1) is 10.2. The fourth-order valence-electron chi connectivity index (χ4n) is 1.64. The number of nitrogens with one attached hydrogen (secondary N) is 1. The van der Waals surface area contributed by atoms with Gasteiger partial charge in [-0.1, -0.05) is 11.6 Å². The first-order valence-electron chi connectivity index (χ1n) is 5.89. The molecule has 108 valence electrons. The van der Waals surface area contributed by atoms with Crippen LogP contribution in [-0.2, 0) is 0 Å². The fourth-order valence-corrected chi connectivity index (χ4v) is 2.53. The van der Waals surface area contributed by atoms with Crippen LogP contribution in [0.2, 0.25) is 10.3 Å². The summed E-state index contributed by atoms with van der Waals surface area (Å²) < 4.78 is 13.6. The van der Waals surface area contributed by atoms with E-state index in [1.165, 1.54) is 0 Å². The molecular weight excluding hydrogens is 335 g/mol. The lowest BCUT2D eigenvalue weighted by Crippen LogP contribution is -2.04. The third-order valence-corrected chi connectivity index (χ3v) is 3.50. The molecule has 2 aromatic heterocycles. The maximum atomic E-state index is 6.19. The molecule has 0 radical (unpaired) electrons. The highest BCUT2D eigenvalue weighted by molar-refractivity contribution is 7.00. The molecule has 0 unspecified atom stereocenters. The molecule has 1 aromatic carbocycles. The van der Waals surface area contributed by atoms with Crippen LogP contribution in [0.15, 0.2) is 12.1 Å². The number of anilines is 2. The van der Waals surface area contributed by atoms with Crippen molar-refractivity contribution in [3.05, 3.63) is 22.4 Å². The van der Waals surface area contributed by atoms with Gasteiger partial charge in [0, 0.05) is 0 Å². The maximum absolute atomic E-state index is 6.19. The molecule has 0 spiro atoms. The second-order valence-electron chi connectivity index (χ2n) is 3.82. The van der Waals surface area contributed by atoms with Crippen LogP contribution in [0.25, 0.3) is 11.0 Å². The van der Waals surface area contributed by atoms with Crippen LogP contribution in [0.1, 0.15) is 6.92 Å². The molecule has 0 saturated heterocycles. The molecule has 21 heavy (non-hydrogen) atoms. The highest BCUT2D eigenvalue weighted by Crippen LogP contribution is 2.31. The summed E-state index contributed by atoms with van der Waals surface area (Å²) in [5.74, 6) is 0.223. The second kappa shape index (κ2) is 5.92. The number of hydrogen-bond acceptors (Lipinski definition) is 8. The standard InChI is InChI=1S/C11H8Cl2N6OS/c1-2-20-11-16-9(13)15-10(17-11)14-7-5(12)3-4-6-8(7)19-21-18-6/h3-4H,2H2,1H3,(H,14,15,16,17). The van der Waals surface area contributed by atoms with Crippen molar-refractivity contribution < 1.29 is 4.74 Å². The molecule has 0 aliphatic rings. The molecule has 0 fully saturated rings. The quantitative estimate of drug-likeness (QED) is 0.777. The van der Waals surface area contributed by atoms with Crippen molar-refractivity contribution in [3.8, 4) is 6.01 Å². The van der Waals surface area contributed by atoms with Crippen LogP contribution in [0, 0.1) is 0 Å². The highest BCUT2D eigenvalue weighted by atomic mass is 35.5. The van der Waals surface area contributed by atoms with Gasteiger partial charge in [0.15, 0.2) is 0 Å². The van der Waals surface area contributed by atoms with Crippen LogP contribution < -0.4 is 10.1 Å². The molecule has 7 nitrogen and oxygen atoms in total. The number of ether oxygens (including phenoxy) is 1. The Labute approximate surface area is 133 Å². The van der Waals surface area contributed by atoms with Crippen molar-refractivity contribution in [1.29, 1.82) is 0 Å². The lowest BCUT2D eigenvalue weighted by molar-refractivity contribution is 0.312. The summed E-state index contributed by atoms with van der Waals surface area (Å²) in [6.45, 7) is 2.25. The van der Waals surface area contributed by atoms with Crippen LogP contribution in [0.3, 0.4) is 0 Å². The molecule has 0 amide bonds. The van der Waals surface area contributed by atoms with Crippen LogP contribution in [0.4, 0.5) is 11.6 Å². The minimum absolute atomic E-state index is 0.0238. The smallest absolute Gasteiger partial charge is 0.322 e. The Morgan fingerprint density at radius 1 is 1.19 bits per heavy atom. The fraction of sp³-hybridized carbons (Fsp3) is 0.182. The van der Waals surface area contributed by atoms with Gasteiger partial charge in [0.25, 0.3) is 0 Å². The summed E-state index contributed by atoms with van der Waals surface area (Å²) in [5.41, 5.74) is 1.94. The van der Waals surface area contributed by atoms with E-state index in [1.54, 1.807) is 12.1 Å². The molecular formula is C11H8Cl2N6OS. The number of benzene rings is 1. The molecule has 0 atom stereocenters. The monoisotopic (exact) mass is 342 g/mol. The Hall–Kier alpha value is -1.77. The summed E-state index contributed by atoms with van der Waals surface area (Å²) in [7, 11) is 0.